The molecule has 34 heavy (non-hydrogen) atoms. The van der Waals surface area contributed by atoms with Gasteiger partial charge in [-0.1, -0.05) is 0 Å². The number of rotatable bonds is 5. The van der Waals surface area contributed by atoms with Gasteiger partial charge >= 0.3 is 59.1 Å². The Hall–Kier alpha value is -1.15. The molecule has 0 spiro atoms. The topological polar surface area (TPSA) is 234 Å². The molecule has 13 nitrogen and oxygen atoms in total. The van der Waals surface area contributed by atoms with Gasteiger partial charge in [0.2, 0.25) is 0 Å². The van der Waals surface area contributed by atoms with E-state index in [-0.39, 0.29) is 64.8 Å². The summed E-state index contributed by atoms with van der Waals surface area (Å²) in [6, 6.07) is 5.81. The van der Waals surface area contributed by atoms with Crippen LogP contribution >= 0.6 is 0 Å². The molecule has 0 atom stereocenters. The van der Waals surface area contributed by atoms with Crippen LogP contribution in [-0.4, -0.2) is 49.1 Å². The molecular formula is C16H10N2Na2O11S3. The molecule has 170 valence electrons. The largest absolute Gasteiger partial charge is 1.00 e. The van der Waals surface area contributed by atoms with Gasteiger partial charge in [-0.3, -0.25) is 4.55 Å². The Morgan fingerprint density at radius 1 is 0.735 bits per heavy atom. The third-order valence-corrected chi connectivity index (χ3v) is 6.59. The number of fused-ring (bicyclic) bond motifs is 1. The smallest absolute Gasteiger partial charge is 0.744 e. The van der Waals surface area contributed by atoms with Gasteiger partial charge in [-0.25, -0.2) is 16.8 Å². The predicted molar refractivity (Wildman–Crippen MR) is 104 cm³/mol. The van der Waals surface area contributed by atoms with Crippen molar-refractivity contribution in [3.63, 3.8) is 0 Å². The molecule has 18 heteroatoms. The van der Waals surface area contributed by atoms with Crippen molar-refractivity contribution in [3.8, 4) is 11.5 Å². The molecule has 3 rings (SSSR count). The number of nitrogens with zero attached hydrogens (tertiary/aromatic N) is 2. The Bertz CT molecular complexity index is 1600. The normalized spacial score (nSPS) is 12.3. The van der Waals surface area contributed by atoms with Gasteiger partial charge in [-0.2, -0.15) is 13.5 Å². The van der Waals surface area contributed by atoms with Gasteiger partial charge in [0.25, 0.3) is 10.1 Å². The second-order valence-electron chi connectivity index (χ2n) is 6.19. The summed E-state index contributed by atoms with van der Waals surface area (Å²) in [6.07, 6.45) is 0. The van der Waals surface area contributed by atoms with Gasteiger partial charge in [0.1, 0.15) is 31.7 Å². The summed E-state index contributed by atoms with van der Waals surface area (Å²) >= 11 is 0. The van der Waals surface area contributed by atoms with Crippen molar-refractivity contribution in [1.82, 2.24) is 0 Å². The molecule has 0 aliphatic rings. The Balaban J connectivity index is 0.00000289. The zero-order valence-electron chi connectivity index (χ0n) is 17.3. The van der Waals surface area contributed by atoms with Crippen LogP contribution in [0.25, 0.3) is 10.8 Å². The minimum absolute atomic E-state index is 0. The summed E-state index contributed by atoms with van der Waals surface area (Å²) in [6.45, 7) is 0. The summed E-state index contributed by atoms with van der Waals surface area (Å²) < 4.78 is 99.7. The predicted octanol–water partition coefficient (Wildman–Crippen LogP) is -4.27. The maximum atomic E-state index is 11.7. The van der Waals surface area contributed by atoms with Gasteiger partial charge in [0.05, 0.1) is 25.8 Å². The molecule has 0 radical (unpaired) electrons. The van der Waals surface area contributed by atoms with Gasteiger partial charge in [-0.15, -0.1) is 5.11 Å². The van der Waals surface area contributed by atoms with Crippen molar-refractivity contribution >= 4 is 52.5 Å². The van der Waals surface area contributed by atoms with Crippen LogP contribution < -0.4 is 59.1 Å². The summed E-state index contributed by atoms with van der Waals surface area (Å²) in [5.41, 5.74) is -0.984. The van der Waals surface area contributed by atoms with E-state index in [4.69, 9.17) is 4.55 Å². The number of hydrogen-bond acceptors (Lipinski definition) is 12. The van der Waals surface area contributed by atoms with Crippen molar-refractivity contribution in [2.45, 2.75) is 14.7 Å². The Kier molecular flexibility index (Phi) is 9.86. The molecule has 0 saturated heterocycles. The summed E-state index contributed by atoms with van der Waals surface area (Å²) in [5.74, 6) is -1.97. The standard InChI is InChI=1S/C16H12N2O11S3.2Na/c19-12-7-11(31(24,25)26)5-8-6-13(32(27,28)29)15(16(20)14(8)12)18-17-9-1-3-10(4-2-9)30(21,22)23;;/h1-7,19-20H,(H,21,22,23)(H,24,25,26)(H,27,28,29);;/q;2*+1/p-2/b18-17+;;. The van der Waals surface area contributed by atoms with Crippen molar-refractivity contribution in [2.75, 3.05) is 0 Å². The molecule has 0 heterocycles. The zero-order chi connectivity index (χ0) is 24.1. The molecule has 0 aliphatic carbocycles. The number of benzene rings is 3. The molecule has 0 amide bonds. The first-order valence-electron chi connectivity index (χ1n) is 8.03. The molecule has 0 fully saturated rings. The van der Waals surface area contributed by atoms with Crippen LogP contribution in [0.5, 0.6) is 11.5 Å². The first kappa shape index (κ1) is 30.9. The quantitative estimate of drug-likeness (QED) is 0.157. The van der Waals surface area contributed by atoms with Gasteiger partial charge in [0, 0.05) is 0 Å². The van der Waals surface area contributed by atoms with Crippen molar-refractivity contribution in [3.05, 3.63) is 42.5 Å². The fourth-order valence-electron chi connectivity index (χ4n) is 2.66. The van der Waals surface area contributed by atoms with E-state index in [1.807, 2.05) is 0 Å². The van der Waals surface area contributed by atoms with E-state index in [1.165, 1.54) is 0 Å². The van der Waals surface area contributed by atoms with Crippen LogP contribution in [0, 0.1) is 0 Å². The maximum Gasteiger partial charge on any atom is 1.00 e. The Labute approximate surface area is 237 Å². The third-order valence-electron chi connectivity index (χ3n) is 4.06. The minimum Gasteiger partial charge on any atom is -0.744 e. The van der Waals surface area contributed by atoms with E-state index >= 15 is 0 Å². The first-order valence-corrected chi connectivity index (χ1v) is 12.3. The number of azo groups is 1. The van der Waals surface area contributed by atoms with Crippen LogP contribution in [0.3, 0.4) is 0 Å². The average molecular weight is 548 g/mol. The Morgan fingerprint density at radius 3 is 1.76 bits per heavy atom. The molecule has 0 bridgehead atoms. The first-order chi connectivity index (χ1) is 14.6. The summed E-state index contributed by atoms with van der Waals surface area (Å²) in [7, 11) is -14.9. The van der Waals surface area contributed by atoms with Crippen molar-refractivity contribution < 1.29 is 108 Å². The fourth-order valence-corrected chi connectivity index (χ4v) is 4.32. The van der Waals surface area contributed by atoms with Gasteiger partial charge in [0.15, 0.2) is 5.75 Å². The van der Waals surface area contributed by atoms with Crippen LogP contribution in [-0.2, 0) is 30.4 Å². The van der Waals surface area contributed by atoms with E-state index in [0.717, 1.165) is 24.3 Å². The number of aromatic hydroxyl groups is 2. The van der Waals surface area contributed by atoms with Crippen LogP contribution in [0.2, 0.25) is 0 Å². The second kappa shape index (κ2) is 10.9. The maximum absolute atomic E-state index is 11.7. The molecular weight excluding hydrogens is 538 g/mol. The minimum atomic E-state index is -5.32. The van der Waals surface area contributed by atoms with Crippen LogP contribution in [0.1, 0.15) is 0 Å². The van der Waals surface area contributed by atoms with Gasteiger partial charge < -0.3 is 19.3 Å². The molecule has 3 aromatic carbocycles. The molecule has 0 saturated carbocycles. The monoisotopic (exact) mass is 548 g/mol. The molecule has 3 aromatic rings. The van der Waals surface area contributed by atoms with Crippen LogP contribution in [0.15, 0.2) is 67.4 Å². The second-order valence-corrected chi connectivity index (χ2v) is 10.3. The molecule has 0 unspecified atom stereocenters. The number of hydrogen-bond donors (Lipinski definition) is 3. The van der Waals surface area contributed by atoms with Crippen molar-refractivity contribution in [1.29, 1.82) is 0 Å². The van der Waals surface area contributed by atoms with E-state index in [0.29, 0.717) is 18.2 Å². The average Bonchev–Trinajstić information content (AvgIpc) is 2.64. The zero-order valence-corrected chi connectivity index (χ0v) is 23.7. The number of phenolic OH excluding ortho intramolecular Hbond substituents is 2. The van der Waals surface area contributed by atoms with Crippen molar-refractivity contribution in [2.24, 2.45) is 10.2 Å². The molecule has 3 N–H and O–H groups in total. The SMILES string of the molecule is O=S(=O)([O-])c1cc(O)c2c(O)c(/N=N/c3ccc(S(=O)(=O)O)cc3)c(S(=O)(=O)[O-])cc2c1.[Na+].[Na+]. The molecule has 0 aromatic heterocycles. The number of phenols is 2. The summed E-state index contributed by atoms with van der Waals surface area (Å²) in [5, 5.41) is 26.6. The van der Waals surface area contributed by atoms with E-state index in [2.05, 4.69) is 10.2 Å². The Morgan fingerprint density at radius 2 is 1.29 bits per heavy atom. The van der Waals surface area contributed by atoms with E-state index in [1.54, 1.807) is 0 Å². The van der Waals surface area contributed by atoms with Gasteiger partial charge in [-0.05, 0) is 47.9 Å². The van der Waals surface area contributed by atoms with Crippen LogP contribution in [0.4, 0.5) is 11.4 Å². The molecule has 0 aliphatic heterocycles. The van der Waals surface area contributed by atoms with E-state index < -0.39 is 73.0 Å². The summed E-state index contributed by atoms with van der Waals surface area (Å²) in [4.78, 5) is -2.55. The third kappa shape index (κ3) is 6.74. The van der Waals surface area contributed by atoms with E-state index in [9.17, 15) is 44.6 Å². The fraction of sp³-hybridized carbons (Fsp3) is 0.